The minimum absolute atomic E-state index is 0.103. The van der Waals surface area contributed by atoms with Crippen LogP contribution in [0.15, 0.2) is 61.2 Å². The first-order valence-electron chi connectivity index (χ1n) is 10.2. The molecule has 0 saturated heterocycles. The van der Waals surface area contributed by atoms with E-state index in [9.17, 15) is 4.79 Å². The topological polar surface area (TPSA) is 57.8 Å². The first-order chi connectivity index (χ1) is 15.1. The van der Waals surface area contributed by atoms with Crippen molar-refractivity contribution in [2.45, 2.75) is 20.4 Å². The van der Waals surface area contributed by atoms with Crippen molar-refractivity contribution in [3.05, 3.63) is 78.0 Å². The second-order valence-electron chi connectivity index (χ2n) is 7.12. The number of carbonyl (C=O) groups excluding carboxylic acids is 1. The number of rotatable bonds is 8. The number of hydrogen-bond donors (Lipinski definition) is 0. The number of imidazole rings is 1. The molecule has 0 aliphatic heterocycles. The Morgan fingerprint density at radius 2 is 1.94 bits per heavy atom. The summed E-state index contributed by atoms with van der Waals surface area (Å²) < 4.78 is 14.9. The van der Waals surface area contributed by atoms with E-state index in [1.807, 2.05) is 66.9 Å². The Labute approximate surface area is 181 Å². The smallest absolute Gasteiger partial charge is 0.191 e. The Morgan fingerprint density at radius 1 is 1.16 bits per heavy atom. The number of aryl methyl sites for hydroxylation is 1. The average Bonchev–Trinajstić information content (AvgIpc) is 3.27. The van der Waals surface area contributed by atoms with Crippen molar-refractivity contribution in [3.8, 4) is 11.5 Å². The molecule has 4 rings (SSSR count). The number of allylic oxidation sites excluding steroid dienone is 2. The molecule has 0 aliphatic carbocycles. The van der Waals surface area contributed by atoms with E-state index in [0.29, 0.717) is 35.9 Å². The van der Waals surface area contributed by atoms with Crippen LogP contribution in [0, 0.1) is 6.92 Å². The monoisotopic (exact) mass is 415 g/mol. The van der Waals surface area contributed by atoms with Crippen LogP contribution in [0.5, 0.6) is 11.5 Å². The van der Waals surface area contributed by atoms with E-state index < -0.39 is 0 Å². The second-order valence-corrected chi connectivity index (χ2v) is 7.12. The summed E-state index contributed by atoms with van der Waals surface area (Å²) >= 11 is 0. The van der Waals surface area contributed by atoms with E-state index in [1.165, 1.54) is 0 Å². The minimum atomic E-state index is -0.103. The molecule has 0 spiro atoms. The van der Waals surface area contributed by atoms with Gasteiger partial charge in [0.15, 0.2) is 17.3 Å². The second kappa shape index (κ2) is 8.52. The standard InChI is InChI=1S/C25H25N3O3/c1-5-15-27-19-9-7-8-10-20(19)28-25(27)24(17(3)26-28)21(29)13-11-18-12-14-22(31-6-2)23(16-18)30-4/h5,7-14,16H,1,6,15H2,2-4H3. The van der Waals surface area contributed by atoms with Crippen LogP contribution in [-0.2, 0) is 6.54 Å². The van der Waals surface area contributed by atoms with Gasteiger partial charge in [0.1, 0.15) is 5.65 Å². The molecule has 0 aliphatic rings. The third-order valence-electron chi connectivity index (χ3n) is 5.17. The van der Waals surface area contributed by atoms with E-state index in [2.05, 4.69) is 16.2 Å². The van der Waals surface area contributed by atoms with Crippen LogP contribution < -0.4 is 9.47 Å². The van der Waals surface area contributed by atoms with Crippen LogP contribution in [0.3, 0.4) is 0 Å². The van der Waals surface area contributed by atoms with Crippen LogP contribution in [0.4, 0.5) is 0 Å². The number of para-hydroxylation sites is 2. The molecule has 6 nitrogen and oxygen atoms in total. The van der Waals surface area contributed by atoms with Crippen molar-refractivity contribution < 1.29 is 14.3 Å². The lowest BCUT2D eigenvalue weighted by atomic mass is 10.1. The van der Waals surface area contributed by atoms with Gasteiger partial charge >= 0.3 is 0 Å². The molecule has 0 atom stereocenters. The molecule has 158 valence electrons. The number of ketones is 1. The summed E-state index contributed by atoms with van der Waals surface area (Å²) in [5.74, 6) is 1.21. The van der Waals surface area contributed by atoms with Gasteiger partial charge in [-0.2, -0.15) is 5.10 Å². The number of ether oxygens (including phenoxy) is 2. The molecule has 2 heterocycles. The maximum atomic E-state index is 13.2. The zero-order chi connectivity index (χ0) is 22.0. The molecule has 0 bridgehead atoms. The van der Waals surface area contributed by atoms with Crippen LogP contribution in [0.1, 0.15) is 28.5 Å². The Balaban J connectivity index is 1.76. The maximum Gasteiger partial charge on any atom is 0.191 e. The van der Waals surface area contributed by atoms with Gasteiger partial charge in [0.2, 0.25) is 0 Å². The number of methoxy groups -OCH3 is 1. The number of aromatic nitrogens is 3. The van der Waals surface area contributed by atoms with Gasteiger partial charge in [0.25, 0.3) is 0 Å². The van der Waals surface area contributed by atoms with Gasteiger partial charge in [-0.3, -0.25) is 4.79 Å². The van der Waals surface area contributed by atoms with Crippen molar-refractivity contribution >= 4 is 28.5 Å². The summed E-state index contributed by atoms with van der Waals surface area (Å²) in [7, 11) is 1.60. The van der Waals surface area contributed by atoms with Gasteiger partial charge in [-0.15, -0.1) is 6.58 Å². The predicted molar refractivity (Wildman–Crippen MR) is 123 cm³/mol. The lowest BCUT2D eigenvalue weighted by molar-refractivity contribution is 0.104. The fraction of sp³-hybridized carbons (Fsp3) is 0.200. The van der Waals surface area contributed by atoms with E-state index in [0.717, 1.165) is 22.2 Å². The lowest BCUT2D eigenvalue weighted by Crippen LogP contribution is -2.02. The molecular weight excluding hydrogens is 390 g/mol. The summed E-state index contributed by atoms with van der Waals surface area (Å²) in [4.78, 5) is 13.2. The van der Waals surface area contributed by atoms with E-state index in [-0.39, 0.29) is 5.78 Å². The average molecular weight is 415 g/mol. The molecule has 4 aromatic rings. The fourth-order valence-corrected chi connectivity index (χ4v) is 3.84. The third-order valence-corrected chi connectivity index (χ3v) is 5.17. The Hall–Kier alpha value is -3.80. The van der Waals surface area contributed by atoms with Crippen LogP contribution in [-0.4, -0.2) is 33.7 Å². The van der Waals surface area contributed by atoms with Crippen LogP contribution in [0.2, 0.25) is 0 Å². The number of hydrogen-bond acceptors (Lipinski definition) is 4. The molecular formula is C25H25N3O3. The fourth-order valence-electron chi connectivity index (χ4n) is 3.84. The van der Waals surface area contributed by atoms with Gasteiger partial charge in [-0.1, -0.05) is 30.4 Å². The first-order valence-corrected chi connectivity index (χ1v) is 10.2. The van der Waals surface area contributed by atoms with Crippen LogP contribution in [0.25, 0.3) is 22.8 Å². The Kier molecular flexibility index (Phi) is 5.62. The highest BCUT2D eigenvalue weighted by molar-refractivity contribution is 6.12. The summed E-state index contributed by atoms with van der Waals surface area (Å²) in [5.41, 5.74) is 4.88. The van der Waals surface area contributed by atoms with Crippen molar-refractivity contribution in [2.24, 2.45) is 0 Å². The number of benzene rings is 2. The molecule has 2 aromatic heterocycles. The highest BCUT2D eigenvalue weighted by Gasteiger charge is 2.21. The first kappa shape index (κ1) is 20.5. The third kappa shape index (κ3) is 3.61. The zero-order valence-electron chi connectivity index (χ0n) is 18.0. The van der Waals surface area contributed by atoms with Gasteiger partial charge in [0, 0.05) is 6.54 Å². The number of fused-ring (bicyclic) bond motifs is 3. The molecule has 0 N–H and O–H groups in total. The zero-order valence-corrected chi connectivity index (χ0v) is 18.0. The summed E-state index contributed by atoms with van der Waals surface area (Å²) in [5, 5.41) is 4.65. The van der Waals surface area contributed by atoms with Crippen molar-refractivity contribution in [1.29, 1.82) is 0 Å². The SMILES string of the molecule is C=CCn1c2ccccc2n2nc(C)c(C(=O)C=Cc3ccc(OCC)c(OC)c3)c12. The molecule has 0 amide bonds. The van der Waals surface area contributed by atoms with Gasteiger partial charge in [0.05, 0.1) is 36.0 Å². The van der Waals surface area contributed by atoms with E-state index >= 15 is 0 Å². The van der Waals surface area contributed by atoms with Crippen molar-refractivity contribution in [3.63, 3.8) is 0 Å². The van der Waals surface area contributed by atoms with Crippen LogP contribution >= 0.6 is 0 Å². The van der Waals surface area contributed by atoms with Gasteiger partial charge < -0.3 is 14.0 Å². The number of carbonyl (C=O) groups is 1. The molecule has 2 aromatic carbocycles. The van der Waals surface area contributed by atoms with E-state index in [4.69, 9.17) is 9.47 Å². The van der Waals surface area contributed by atoms with Gasteiger partial charge in [-0.05, 0) is 49.8 Å². The molecule has 0 radical (unpaired) electrons. The molecule has 6 heteroatoms. The largest absolute Gasteiger partial charge is 0.493 e. The number of nitrogens with zero attached hydrogens (tertiary/aromatic N) is 3. The highest BCUT2D eigenvalue weighted by atomic mass is 16.5. The summed E-state index contributed by atoms with van der Waals surface area (Å²) in [6.45, 7) is 8.80. The highest BCUT2D eigenvalue weighted by Crippen LogP contribution is 2.29. The minimum Gasteiger partial charge on any atom is -0.493 e. The van der Waals surface area contributed by atoms with Crippen molar-refractivity contribution in [1.82, 2.24) is 14.2 Å². The maximum absolute atomic E-state index is 13.2. The van der Waals surface area contributed by atoms with Crippen molar-refractivity contribution in [2.75, 3.05) is 13.7 Å². The predicted octanol–water partition coefficient (Wildman–Crippen LogP) is 5.09. The molecule has 31 heavy (non-hydrogen) atoms. The summed E-state index contributed by atoms with van der Waals surface area (Å²) in [6, 6.07) is 13.6. The van der Waals surface area contributed by atoms with Gasteiger partial charge in [-0.25, -0.2) is 4.52 Å². The quantitative estimate of drug-likeness (QED) is 0.229. The Morgan fingerprint density at radius 3 is 2.65 bits per heavy atom. The molecule has 0 fully saturated rings. The normalized spacial score (nSPS) is 11.5. The lowest BCUT2D eigenvalue weighted by Gasteiger charge is -2.09. The Bertz CT molecular complexity index is 1310. The molecule has 0 saturated carbocycles. The van der Waals surface area contributed by atoms with E-state index in [1.54, 1.807) is 19.3 Å². The molecule has 0 unspecified atom stereocenters. The summed E-state index contributed by atoms with van der Waals surface area (Å²) in [6.07, 6.45) is 5.18.